The molecule has 1 aromatic carbocycles. The molecule has 2 heterocycles. The topological polar surface area (TPSA) is 110 Å². The van der Waals surface area contributed by atoms with Gasteiger partial charge in [-0.25, -0.2) is 9.97 Å². The molecule has 29 heavy (non-hydrogen) atoms. The Morgan fingerprint density at radius 1 is 1.10 bits per heavy atom. The molecule has 0 spiro atoms. The number of imidazole rings is 1. The molecule has 0 saturated heterocycles. The van der Waals surface area contributed by atoms with Crippen LogP contribution >= 0.6 is 11.6 Å². The summed E-state index contributed by atoms with van der Waals surface area (Å²) in [6.07, 6.45) is -9.00. The van der Waals surface area contributed by atoms with E-state index < -0.39 is 51.5 Å². The lowest BCUT2D eigenvalue weighted by Gasteiger charge is -2.15. The lowest BCUT2D eigenvalue weighted by Crippen LogP contribution is -2.21. The second-order valence-electron chi connectivity index (χ2n) is 5.49. The highest BCUT2D eigenvalue weighted by Gasteiger charge is 2.40. The van der Waals surface area contributed by atoms with Crippen molar-refractivity contribution in [2.24, 2.45) is 0 Å². The van der Waals surface area contributed by atoms with E-state index in [1.807, 2.05) is 4.98 Å². The summed E-state index contributed by atoms with van der Waals surface area (Å²) in [5.41, 5.74) is 0.766. The monoisotopic (exact) mass is 439 g/mol. The van der Waals surface area contributed by atoms with Gasteiger partial charge in [0.05, 0.1) is 16.9 Å². The van der Waals surface area contributed by atoms with Gasteiger partial charge >= 0.3 is 12.4 Å². The molecule has 4 N–H and O–H groups in total. The highest BCUT2D eigenvalue weighted by Crippen LogP contribution is 2.39. The summed E-state index contributed by atoms with van der Waals surface area (Å²) < 4.78 is 83.9. The van der Waals surface area contributed by atoms with Crippen LogP contribution in [-0.2, 0) is 12.4 Å². The molecule has 7 nitrogen and oxygen atoms in total. The van der Waals surface area contributed by atoms with Gasteiger partial charge in [0.15, 0.2) is 17.3 Å². The average molecular weight is 440 g/mol. The Kier molecular flexibility index (Phi) is 4.94. The van der Waals surface area contributed by atoms with E-state index in [2.05, 4.69) is 15.0 Å². The van der Waals surface area contributed by atoms with Crippen molar-refractivity contribution in [2.45, 2.75) is 12.4 Å². The molecule has 0 fully saturated rings. The molecular formula is C15H8ClF6N5O2. The van der Waals surface area contributed by atoms with Crippen molar-refractivity contribution in [3.05, 3.63) is 51.2 Å². The molecule has 0 aliphatic heterocycles. The van der Waals surface area contributed by atoms with Gasteiger partial charge < -0.3 is 20.4 Å². The molecule has 0 unspecified atom stereocenters. The Bertz CT molecular complexity index is 1120. The zero-order valence-electron chi connectivity index (χ0n) is 13.7. The normalized spacial score (nSPS) is 12.2. The number of nitrogens with two attached hydrogens (primary N) is 1. The minimum atomic E-state index is -5.17. The second kappa shape index (κ2) is 6.99. The molecule has 0 aliphatic rings. The van der Waals surface area contributed by atoms with Crippen LogP contribution in [0.25, 0.3) is 11.5 Å². The van der Waals surface area contributed by atoms with Gasteiger partial charge in [0.2, 0.25) is 5.75 Å². The third-order valence-electron chi connectivity index (χ3n) is 3.51. The number of nitrogens with one attached hydrogen (secondary N) is 2. The van der Waals surface area contributed by atoms with Crippen molar-refractivity contribution in [1.82, 2.24) is 19.9 Å². The quantitative estimate of drug-likeness (QED) is 0.529. The van der Waals surface area contributed by atoms with E-state index >= 15 is 0 Å². The number of hydrogen-bond acceptors (Lipinski definition) is 5. The minimum absolute atomic E-state index is 0.190. The third-order valence-corrected chi connectivity index (χ3v) is 3.84. The Hall–Kier alpha value is -3.22. The van der Waals surface area contributed by atoms with Crippen molar-refractivity contribution in [2.75, 3.05) is 5.73 Å². The first kappa shape index (κ1) is 20.5. The zero-order valence-corrected chi connectivity index (χ0v) is 14.5. The third kappa shape index (κ3) is 4.13. The molecule has 3 rings (SSSR count). The van der Waals surface area contributed by atoms with Crippen molar-refractivity contribution in [1.29, 1.82) is 0 Å². The van der Waals surface area contributed by atoms with E-state index in [1.54, 1.807) is 0 Å². The molecule has 0 atom stereocenters. The lowest BCUT2D eigenvalue weighted by atomic mass is 10.2. The van der Waals surface area contributed by atoms with Gasteiger partial charge in [-0.3, -0.25) is 4.79 Å². The highest BCUT2D eigenvalue weighted by molar-refractivity contribution is 6.31. The van der Waals surface area contributed by atoms with E-state index in [4.69, 9.17) is 22.1 Å². The van der Waals surface area contributed by atoms with E-state index in [9.17, 15) is 31.1 Å². The van der Waals surface area contributed by atoms with Crippen molar-refractivity contribution < 1.29 is 31.1 Å². The zero-order chi connectivity index (χ0) is 21.6. The Morgan fingerprint density at radius 3 is 2.34 bits per heavy atom. The molecule has 0 radical (unpaired) electrons. The SMILES string of the molecule is Nc1nc[nH]c1-c1nc(C(F)(F)F)c(Oc2ccc(Cl)c(C(F)(F)F)c2)c(=O)[nH]1. The predicted octanol–water partition coefficient (Wildman–Crippen LogP) is 4.23. The first-order chi connectivity index (χ1) is 13.4. The van der Waals surface area contributed by atoms with Gasteiger partial charge in [0, 0.05) is 0 Å². The van der Waals surface area contributed by atoms with Crippen molar-refractivity contribution in [3.63, 3.8) is 0 Å². The fourth-order valence-corrected chi connectivity index (χ4v) is 2.49. The standard InChI is InChI=1S/C15H8ClF6N5O2/c16-7-2-1-5(3-6(7)14(17,18)19)29-9-10(15(20,21)22)26-12(27-13(9)28)8-11(23)25-4-24-8/h1-4H,23H2,(H,24,25)(H,26,27,28). The van der Waals surface area contributed by atoms with Crippen molar-refractivity contribution >= 4 is 17.4 Å². The molecule has 154 valence electrons. The lowest BCUT2D eigenvalue weighted by molar-refractivity contribution is -0.142. The fraction of sp³-hybridized carbons (Fsp3) is 0.133. The number of hydrogen-bond donors (Lipinski definition) is 3. The van der Waals surface area contributed by atoms with Gasteiger partial charge in [-0.1, -0.05) is 11.6 Å². The number of rotatable bonds is 3. The Morgan fingerprint density at radius 2 is 1.79 bits per heavy atom. The maximum absolute atomic E-state index is 13.4. The summed E-state index contributed by atoms with van der Waals surface area (Å²) in [6.45, 7) is 0. The number of nitrogens with zero attached hydrogens (tertiary/aromatic N) is 2. The fourth-order valence-electron chi connectivity index (χ4n) is 2.27. The minimum Gasteiger partial charge on any atom is -0.449 e. The van der Waals surface area contributed by atoms with Crippen LogP contribution in [0.5, 0.6) is 11.5 Å². The molecule has 0 aliphatic carbocycles. The molecule has 0 amide bonds. The Labute approximate surface area is 161 Å². The number of ether oxygens (including phenoxy) is 1. The molecule has 0 bridgehead atoms. The predicted molar refractivity (Wildman–Crippen MR) is 88.4 cm³/mol. The van der Waals surface area contributed by atoms with Crippen LogP contribution in [0.1, 0.15) is 11.3 Å². The molecule has 2 aromatic heterocycles. The van der Waals surface area contributed by atoms with Gasteiger partial charge in [-0.15, -0.1) is 0 Å². The van der Waals surface area contributed by atoms with Gasteiger partial charge in [0.25, 0.3) is 5.56 Å². The first-order valence-corrected chi connectivity index (χ1v) is 7.81. The molecule has 0 saturated carbocycles. The van der Waals surface area contributed by atoms with E-state index in [0.717, 1.165) is 18.5 Å². The van der Waals surface area contributed by atoms with Crippen LogP contribution in [0.2, 0.25) is 5.02 Å². The number of H-pyrrole nitrogens is 2. The molecular weight excluding hydrogens is 432 g/mol. The molecule has 3 aromatic rings. The summed E-state index contributed by atoms with van der Waals surface area (Å²) in [7, 11) is 0. The number of aromatic nitrogens is 4. The van der Waals surface area contributed by atoms with Gasteiger partial charge in [-0.05, 0) is 18.2 Å². The maximum Gasteiger partial charge on any atom is 0.437 e. The van der Waals surface area contributed by atoms with E-state index in [0.29, 0.717) is 6.07 Å². The Balaban J connectivity index is 2.13. The average Bonchev–Trinajstić information content (AvgIpc) is 3.02. The van der Waals surface area contributed by atoms with Crippen molar-refractivity contribution in [3.8, 4) is 23.0 Å². The van der Waals surface area contributed by atoms with E-state index in [1.165, 1.54) is 0 Å². The molecule has 14 heteroatoms. The highest BCUT2D eigenvalue weighted by atomic mass is 35.5. The largest absolute Gasteiger partial charge is 0.449 e. The summed E-state index contributed by atoms with van der Waals surface area (Å²) in [5.74, 6) is -2.87. The van der Waals surface area contributed by atoms with Crippen LogP contribution in [0, 0.1) is 0 Å². The van der Waals surface area contributed by atoms with Crippen LogP contribution in [-0.4, -0.2) is 19.9 Å². The number of nitrogen functional groups attached to an aromatic ring is 1. The van der Waals surface area contributed by atoms with Crippen LogP contribution in [0.4, 0.5) is 32.2 Å². The number of benzene rings is 1. The summed E-state index contributed by atoms with van der Waals surface area (Å²) in [5, 5.41) is -0.696. The number of anilines is 1. The second-order valence-corrected chi connectivity index (χ2v) is 5.90. The van der Waals surface area contributed by atoms with Crippen LogP contribution in [0.3, 0.4) is 0 Å². The first-order valence-electron chi connectivity index (χ1n) is 7.43. The van der Waals surface area contributed by atoms with Crippen LogP contribution < -0.4 is 16.0 Å². The summed E-state index contributed by atoms with van der Waals surface area (Å²) in [6, 6.07) is 2.01. The van der Waals surface area contributed by atoms with E-state index in [-0.39, 0.29) is 11.5 Å². The number of halogens is 7. The number of aromatic amines is 2. The summed E-state index contributed by atoms with van der Waals surface area (Å²) >= 11 is 5.45. The van der Waals surface area contributed by atoms with Gasteiger partial charge in [-0.2, -0.15) is 26.3 Å². The smallest absolute Gasteiger partial charge is 0.437 e. The number of alkyl halides is 6. The van der Waals surface area contributed by atoms with Crippen LogP contribution in [0.15, 0.2) is 29.3 Å². The summed E-state index contributed by atoms with van der Waals surface area (Å²) in [4.78, 5) is 23.5. The van der Waals surface area contributed by atoms with Gasteiger partial charge in [0.1, 0.15) is 11.4 Å². The maximum atomic E-state index is 13.4.